The van der Waals surface area contributed by atoms with Crippen molar-refractivity contribution in [3.8, 4) is 0 Å². The molecule has 2 fully saturated rings. The van der Waals surface area contributed by atoms with E-state index < -0.39 is 0 Å². The Morgan fingerprint density at radius 3 is 2.61 bits per heavy atom. The van der Waals surface area contributed by atoms with Crippen LogP contribution in [0.25, 0.3) is 0 Å². The Balaban J connectivity index is 1.23. The first kappa shape index (κ1) is 18.1. The monoisotopic (exact) mass is 382 g/mol. The first-order valence-corrected chi connectivity index (χ1v) is 10.4. The van der Waals surface area contributed by atoms with Crippen LogP contribution in [-0.4, -0.2) is 57.2 Å². The third-order valence-corrected chi connectivity index (χ3v) is 6.40. The summed E-state index contributed by atoms with van der Waals surface area (Å²) in [4.78, 5) is 18.7. The Bertz CT molecular complexity index is 843. The van der Waals surface area contributed by atoms with E-state index in [4.69, 9.17) is 4.74 Å². The van der Waals surface area contributed by atoms with Crippen molar-refractivity contribution in [3.63, 3.8) is 0 Å². The largest absolute Gasteiger partial charge is 0.372 e. The summed E-state index contributed by atoms with van der Waals surface area (Å²) in [6.45, 7) is 14.5. The molecule has 5 heterocycles. The smallest absolute Gasteiger partial charge is 0.135 e. The van der Waals surface area contributed by atoms with E-state index in [0.717, 1.165) is 75.0 Å². The van der Waals surface area contributed by atoms with Gasteiger partial charge in [0, 0.05) is 56.9 Å². The highest BCUT2D eigenvalue weighted by Crippen LogP contribution is 2.34. The molecule has 5 rings (SSSR count). The van der Waals surface area contributed by atoms with Gasteiger partial charge >= 0.3 is 0 Å². The lowest BCUT2D eigenvalue weighted by atomic mass is 9.92. The van der Waals surface area contributed by atoms with Crippen molar-refractivity contribution in [2.75, 3.05) is 37.7 Å². The van der Waals surface area contributed by atoms with Crippen LogP contribution in [0.1, 0.15) is 38.0 Å². The van der Waals surface area contributed by atoms with Crippen molar-refractivity contribution in [2.24, 2.45) is 11.8 Å². The fourth-order valence-corrected chi connectivity index (χ4v) is 4.85. The lowest BCUT2D eigenvalue weighted by molar-refractivity contribution is 0.0797. The molecule has 0 bridgehead atoms. The molecule has 0 aliphatic carbocycles. The van der Waals surface area contributed by atoms with Crippen LogP contribution in [0.2, 0.25) is 0 Å². The molecule has 3 aliphatic rings. The number of imidazole rings is 1. The normalized spacial score (nSPS) is 25.2. The average molecular weight is 383 g/mol. The molecule has 0 N–H and O–H groups in total. The highest BCUT2D eigenvalue weighted by atomic mass is 16.5. The highest BCUT2D eigenvalue weighted by molar-refractivity contribution is 5.42. The molecule has 0 amide bonds. The Kier molecular flexibility index (Phi) is 4.39. The number of ether oxygens (including phenoxy) is 1. The van der Waals surface area contributed by atoms with Crippen molar-refractivity contribution in [2.45, 2.75) is 45.9 Å². The van der Waals surface area contributed by atoms with Gasteiger partial charge in [-0.15, -0.1) is 0 Å². The van der Waals surface area contributed by atoms with Crippen molar-refractivity contribution >= 4 is 5.82 Å². The van der Waals surface area contributed by atoms with Gasteiger partial charge < -0.3 is 14.2 Å². The first-order chi connectivity index (χ1) is 13.5. The minimum absolute atomic E-state index is 0.0551. The molecule has 2 aromatic heterocycles. The lowest BCUT2D eigenvalue weighted by Gasteiger charge is -2.24. The van der Waals surface area contributed by atoms with Gasteiger partial charge in [0.1, 0.15) is 24.6 Å². The summed E-state index contributed by atoms with van der Waals surface area (Å²) in [5.41, 5.74) is 2.51. The van der Waals surface area contributed by atoms with E-state index in [9.17, 15) is 0 Å². The molecular weight excluding hydrogens is 352 g/mol. The van der Waals surface area contributed by atoms with Gasteiger partial charge in [-0.1, -0.05) is 20.8 Å². The SMILES string of the molecule is CC(C)(C)c1cc(N2CC3CN(Cc4cnc5n4CCOC5)CC3C2)ncn1. The second-order valence-corrected chi connectivity index (χ2v) is 9.50. The Labute approximate surface area is 166 Å². The zero-order valence-electron chi connectivity index (χ0n) is 17.1. The van der Waals surface area contributed by atoms with E-state index in [0.29, 0.717) is 6.61 Å². The van der Waals surface area contributed by atoms with Gasteiger partial charge in [-0.2, -0.15) is 0 Å². The molecule has 0 saturated carbocycles. The predicted molar refractivity (Wildman–Crippen MR) is 107 cm³/mol. The van der Waals surface area contributed by atoms with Gasteiger partial charge in [-0.3, -0.25) is 4.90 Å². The summed E-state index contributed by atoms with van der Waals surface area (Å²) >= 11 is 0. The van der Waals surface area contributed by atoms with Crippen LogP contribution >= 0.6 is 0 Å². The molecule has 0 aromatic carbocycles. The van der Waals surface area contributed by atoms with Crippen molar-refractivity contribution in [1.82, 2.24) is 24.4 Å². The molecule has 2 aromatic rings. The van der Waals surface area contributed by atoms with Crippen molar-refractivity contribution in [3.05, 3.63) is 35.8 Å². The zero-order chi connectivity index (χ0) is 19.3. The van der Waals surface area contributed by atoms with E-state index in [1.165, 1.54) is 5.69 Å². The predicted octanol–water partition coefficient (Wildman–Crippen LogP) is 2.07. The molecule has 2 saturated heterocycles. The number of likely N-dealkylation sites (tertiary alicyclic amines) is 1. The second kappa shape index (κ2) is 6.81. The third kappa shape index (κ3) is 3.31. The van der Waals surface area contributed by atoms with Gasteiger partial charge in [0.2, 0.25) is 0 Å². The highest BCUT2D eigenvalue weighted by Gasteiger charge is 2.40. The summed E-state index contributed by atoms with van der Waals surface area (Å²) in [7, 11) is 0. The number of aromatic nitrogens is 4. The van der Waals surface area contributed by atoms with Gasteiger partial charge in [-0.05, 0) is 11.8 Å². The van der Waals surface area contributed by atoms with Crippen LogP contribution in [0.4, 0.5) is 5.82 Å². The van der Waals surface area contributed by atoms with Crippen LogP contribution in [-0.2, 0) is 29.8 Å². The Morgan fingerprint density at radius 1 is 1.07 bits per heavy atom. The maximum atomic E-state index is 5.51. The standard InChI is InChI=1S/C21H30N6O/c1-21(2,3)18-6-19(24-14-23-18)26-10-15-8-25(9-16(15)11-26)12-17-7-22-20-13-28-5-4-27(17)20/h6-7,14-16H,4-5,8-13H2,1-3H3. The maximum absolute atomic E-state index is 5.51. The quantitative estimate of drug-likeness (QED) is 0.810. The Hall–Kier alpha value is -1.99. The fraction of sp³-hybridized carbons (Fsp3) is 0.667. The number of hydrogen-bond acceptors (Lipinski definition) is 6. The molecule has 7 nitrogen and oxygen atoms in total. The molecule has 28 heavy (non-hydrogen) atoms. The van der Waals surface area contributed by atoms with Crippen LogP contribution in [0.15, 0.2) is 18.6 Å². The molecule has 2 atom stereocenters. The molecule has 7 heteroatoms. The molecule has 150 valence electrons. The molecule has 0 radical (unpaired) electrons. The number of hydrogen-bond donors (Lipinski definition) is 0. The number of fused-ring (bicyclic) bond motifs is 2. The van der Waals surface area contributed by atoms with Gasteiger partial charge in [-0.25, -0.2) is 15.0 Å². The minimum atomic E-state index is 0.0551. The number of rotatable bonds is 3. The maximum Gasteiger partial charge on any atom is 0.135 e. The summed E-state index contributed by atoms with van der Waals surface area (Å²) in [6.07, 6.45) is 3.77. The fourth-order valence-electron chi connectivity index (χ4n) is 4.85. The van der Waals surface area contributed by atoms with Crippen LogP contribution in [0.5, 0.6) is 0 Å². The first-order valence-electron chi connectivity index (χ1n) is 10.4. The van der Waals surface area contributed by atoms with Crippen LogP contribution in [0.3, 0.4) is 0 Å². The van der Waals surface area contributed by atoms with Crippen molar-refractivity contribution < 1.29 is 4.74 Å². The number of nitrogens with zero attached hydrogens (tertiary/aromatic N) is 6. The third-order valence-electron chi connectivity index (χ3n) is 6.40. The Morgan fingerprint density at radius 2 is 1.86 bits per heavy atom. The van der Waals surface area contributed by atoms with E-state index >= 15 is 0 Å². The van der Waals surface area contributed by atoms with Crippen LogP contribution in [0, 0.1) is 11.8 Å². The molecule has 0 spiro atoms. The van der Waals surface area contributed by atoms with E-state index in [1.807, 2.05) is 6.20 Å². The van der Waals surface area contributed by atoms with E-state index in [2.05, 4.69) is 56.2 Å². The van der Waals surface area contributed by atoms with Crippen LogP contribution < -0.4 is 4.90 Å². The van der Waals surface area contributed by atoms with Gasteiger partial charge in [0.15, 0.2) is 0 Å². The van der Waals surface area contributed by atoms with E-state index in [1.54, 1.807) is 6.33 Å². The van der Waals surface area contributed by atoms with Gasteiger partial charge in [0.05, 0.1) is 18.0 Å². The summed E-state index contributed by atoms with van der Waals surface area (Å²) in [6, 6.07) is 2.18. The van der Waals surface area contributed by atoms with Crippen molar-refractivity contribution in [1.29, 1.82) is 0 Å². The van der Waals surface area contributed by atoms with E-state index in [-0.39, 0.29) is 5.41 Å². The summed E-state index contributed by atoms with van der Waals surface area (Å²) in [5, 5.41) is 0. The molecule has 2 unspecified atom stereocenters. The molecule has 3 aliphatic heterocycles. The zero-order valence-corrected chi connectivity index (χ0v) is 17.1. The number of anilines is 1. The van der Waals surface area contributed by atoms with Gasteiger partial charge in [0.25, 0.3) is 0 Å². The summed E-state index contributed by atoms with van der Waals surface area (Å²) in [5.74, 6) is 3.61. The lowest BCUT2D eigenvalue weighted by Crippen LogP contribution is -2.30. The average Bonchev–Trinajstić information content (AvgIpc) is 3.35. The second-order valence-electron chi connectivity index (χ2n) is 9.50. The molecular formula is C21H30N6O. The minimum Gasteiger partial charge on any atom is -0.372 e. The summed E-state index contributed by atoms with van der Waals surface area (Å²) < 4.78 is 7.86. The topological polar surface area (TPSA) is 59.3 Å².